The van der Waals surface area contributed by atoms with E-state index in [0.29, 0.717) is 13.1 Å². The van der Waals surface area contributed by atoms with E-state index in [1.165, 1.54) is 18.4 Å². The summed E-state index contributed by atoms with van der Waals surface area (Å²) in [6.45, 7) is 9.09. The van der Waals surface area contributed by atoms with E-state index in [1.54, 1.807) is 0 Å². The smallest absolute Gasteiger partial charge is 0.260 e. The van der Waals surface area contributed by atoms with Crippen molar-refractivity contribution in [1.82, 2.24) is 14.9 Å². The predicted octanol–water partition coefficient (Wildman–Crippen LogP) is 2.42. The van der Waals surface area contributed by atoms with Gasteiger partial charge in [0.1, 0.15) is 11.6 Å². The molecule has 0 atom stereocenters. The number of hydrogen-bond donors (Lipinski definition) is 0. The Bertz CT molecular complexity index is 841. The van der Waals surface area contributed by atoms with Crippen molar-refractivity contribution in [2.45, 2.75) is 26.7 Å². The van der Waals surface area contributed by atoms with Gasteiger partial charge in [-0.25, -0.2) is 4.98 Å². The van der Waals surface area contributed by atoms with Crippen molar-refractivity contribution in [3.63, 3.8) is 0 Å². The van der Waals surface area contributed by atoms with Gasteiger partial charge in [0.05, 0.1) is 0 Å². The molecule has 0 radical (unpaired) electrons. The van der Waals surface area contributed by atoms with Crippen molar-refractivity contribution >= 4 is 17.7 Å². The van der Waals surface area contributed by atoms with Crippen LogP contribution in [0.2, 0.25) is 0 Å². The average molecular weight is 396 g/mol. The zero-order valence-electron chi connectivity index (χ0n) is 17.3. The van der Waals surface area contributed by atoms with E-state index in [-0.39, 0.29) is 12.5 Å². The normalized spacial score (nSPS) is 17.0. The molecule has 2 aliphatic heterocycles. The lowest BCUT2D eigenvalue weighted by atomic mass is 10.2. The second-order valence-electron chi connectivity index (χ2n) is 7.83. The number of nitrogens with zero attached hydrogens (tertiary/aromatic N) is 5. The van der Waals surface area contributed by atoms with Crippen molar-refractivity contribution in [1.29, 1.82) is 0 Å². The molecule has 1 aromatic carbocycles. The third kappa shape index (κ3) is 4.78. The fourth-order valence-corrected chi connectivity index (χ4v) is 3.81. The molecular formula is C22H29N5O2. The van der Waals surface area contributed by atoms with E-state index in [4.69, 9.17) is 9.72 Å². The van der Waals surface area contributed by atoms with Gasteiger partial charge in [-0.15, -0.1) is 0 Å². The molecule has 0 bridgehead atoms. The van der Waals surface area contributed by atoms with Gasteiger partial charge in [0.15, 0.2) is 6.61 Å². The van der Waals surface area contributed by atoms with E-state index in [1.807, 2.05) is 49.1 Å². The quantitative estimate of drug-likeness (QED) is 0.775. The summed E-state index contributed by atoms with van der Waals surface area (Å²) in [6.07, 6.45) is 2.41. The third-order valence-corrected chi connectivity index (χ3v) is 5.56. The molecule has 0 aliphatic carbocycles. The molecule has 2 saturated heterocycles. The van der Waals surface area contributed by atoms with Gasteiger partial charge in [0, 0.05) is 51.0 Å². The third-order valence-electron chi connectivity index (χ3n) is 5.56. The SMILES string of the molecule is Cc1ccc(OCC(=O)N2CCN(c3cc(C)nc(N4CCCC4)n3)CC2)cc1. The molecule has 2 aliphatic rings. The van der Waals surface area contributed by atoms with Crippen LogP contribution in [0.25, 0.3) is 0 Å². The topological polar surface area (TPSA) is 61.8 Å². The first-order valence-electron chi connectivity index (χ1n) is 10.4. The molecule has 4 rings (SSSR count). The summed E-state index contributed by atoms with van der Waals surface area (Å²) in [6, 6.07) is 9.81. The molecule has 7 nitrogen and oxygen atoms in total. The highest BCUT2D eigenvalue weighted by Gasteiger charge is 2.24. The molecular weight excluding hydrogens is 366 g/mol. The van der Waals surface area contributed by atoms with Crippen molar-refractivity contribution < 1.29 is 9.53 Å². The number of piperazine rings is 1. The number of rotatable bonds is 5. The van der Waals surface area contributed by atoms with Gasteiger partial charge < -0.3 is 19.4 Å². The first-order valence-corrected chi connectivity index (χ1v) is 10.4. The van der Waals surface area contributed by atoms with Gasteiger partial charge in [-0.2, -0.15) is 4.98 Å². The summed E-state index contributed by atoms with van der Waals surface area (Å²) in [5.74, 6) is 2.56. The highest BCUT2D eigenvalue weighted by atomic mass is 16.5. The second kappa shape index (κ2) is 8.68. The minimum Gasteiger partial charge on any atom is -0.484 e. The number of anilines is 2. The van der Waals surface area contributed by atoms with Crippen LogP contribution >= 0.6 is 0 Å². The maximum absolute atomic E-state index is 12.5. The lowest BCUT2D eigenvalue weighted by Crippen LogP contribution is -2.50. The first-order chi connectivity index (χ1) is 14.1. The van der Waals surface area contributed by atoms with Crippen molar-refractivity contribution in [3.05, 3.63) is 41.6 Å². The first kappa shape index (κ1) is 19.5. The Labute approximate surface area is 172 Å². The standard InChI is InChI=1S/C22H29N5O2/c1-17-5-7-19(8-6-17)29-16-21(28)26-13-11-25(12-14-26)20-15-18(2)23-22(24-20)27-9-3-4-10-27/h5-8,15H,3-4,9-14,16H2,1-2H3. The Hall–Kier alpha value is -2.83. The van der Waals surface area contributed by atoms with E-state index in [0.717, 1.165) is 49.4 Å². The summed E-state index contributed by atoms with van der Waals surface area (Å²) in [7, 11) is 0. The van der Waals surface area contributed by atoms with E-state index in [2.05, 4.69) is 14.8 Å². The molecule has 3 heterocycles. The summed E-state index contributed by atoms with van der Waals surface area (Å²) >= 11 is 0. The predicted molar refractivity (Wildman–Crippen MR) is 114 cm³/mol. The van der Waals surface area contributed by atoms with E-state index in [9.17, 15) is 4.79 Å². The summed E-state index contributed by atoms with van der Waals surface area (Å²) in [4.78, 5) is 28.3. The molecule has 2 aromatic rings. The number of benzene rings is 1. The fraction of sp³-hybridized carbons (Fsp3) is 0.500. The molecule has 7 heteroatoms. The molecule has 29 heavy (non-hydrogen) atoms. The molecule has 154 valence electrons. The van der Waals surface area contributed by atoms with Crippen molar-refractivity contribution in [3.8, 4) is 5.75 Å². The summed E-state index contributed by atoms with van der Waals surface area (Å²) in [5, 5.41) is 0. The molecule has 0 spiro atoms. The van der Waals surface area contributed by atoms with Crippen LogP contribution in [0, 0.1) is 13.8 Å². The minimum absolute atomic E-state index is 0.0295. The van der Waals surface area contributed by atoms with Crippen LogP contribution in [0.1, 0.15) is 24.1 Å². The lowest BCUT2D eigenvalue weighted by Gasteiger charge is -2.35. The van der Waals surface area contributed by atoms with Crippen LogP contribution in [-0.4, -0.2) is 66.7 Å². The van der Waals surface area contributed by atoms with E-state index < -0.39 is 0 Å². The maximum Gasteiger partial charge on any atom is 0.260 e. The zero-order chi connectivity index (χ0) is 20.2. The summed E-state index contributed by atoms with van der Waals surface area (Å²) < 4.78 is 5.64. The van der Waals surface area contributed by atoms with Crippen LogP contribution in [0.5, 0.6) is 5.75 Å². The molecule has 1 aromatic heterocycles. The number of aryl methyl sites for hydroxylation is 2. The van der Waals surface area contributed by atoms with Gasteiger partial charge in [-0.05, 0) is 38.8 Å². The number of amides is 1. The number of hydrogen-bond acceptors (Lipinski definition) is 6. The number of ether oxygens (including phenoxy) is 1. The molecule has 2 fully saturated rings. The monoisotopic (exact) mass is 395 g/mol. The van der Waals surface area contributed by atoms with Gasteiger partial charge in [0.25, 0.3) is 5.91 Å². The van der Waals surface area contributed by atoms with Gasteiger partial charge in [0.2, 0.25) is 5.95 Å². The molecule has 1 amide bonds. The number of carbonyl (C=O) groups excluding carboxylic acids is 1. The van der Waals surface area contributed by atoms with Crippen LogP contribution in [0.15, 0.2) is 30.3 Å². The average Bonchev–Trinajstić information content (AvgIpc) is 3.28. The van der Waals surface area contributed by atoms with Crippen LogP contribution in [-0.2, 0) is 4.79 Å². The van der Waals surface area contributed by atoms with Crippen LogP contribution in [0.4, 0.5) is 11.8 Å². The Balaban J connectivity index is 1.32. The van der Waals surface area contributed by atoms with Gasteiger partial charge in [-0.3, -0.25) is 4.79 Å². The Morgan fingerprint density at radius 1 is 0.931 bits per heavy atom. The Morgan fingerprint density at radius 2 is 1.62 bits per heavy atom. The maximum atomic E-state index is 12.5. The molecule has 0 unspecified atom stereocenters. The minimum atomic E-state index is 0.0295. The Morgan fingerprint density at radius 3 is 2.31 bits per heavy atom. The highest BCUT2D eigenvalue weighted by molar-refractivity contribution is 5.78. The Kier molecular flexibility index (Phi) is 5.83. The van der Waals surface area contributed by atoms with Gasteiger partial charge in [-0.1, -0.05) is 17.7 Å². The second-order valence-corrected chi connectivity index (χ2v) is 7.83. The number of carbonyl (C=O) groups is 1. The van der Waals surface area contributed by atoms with Crippen molar-refractivity contribution in [2.75, 3.05) is 55.7 Å². The summed E-state index contributed by atoms with van der Waals surface area (Å²) in [5.41, 5.74) is 2.16. The lowest BCUT2D eigenvalue weighted by molar-refractivity contribution is -0.133. The molecule has 0 saturated carbocycles. The van der Waals surface area contributed by atoms with Crippen molar-refractivity contribution in [2.24, 2.45) is 0 Å². The fourth-order valence-electron chi connectivity index (χ4n) is 3.81. The van der Waals surface area contributed by atoms with Crippen LogP contribution < -0.4 is 14.5 Å². The van der Waals surface area contributed by atoms with E-state index >= 15 is 0 Å². The van der Waals surface area contributed by atoms with Crippen LogP contribution in [0.3, 0.4) is 0 Å². The zero-order valence-corrected chi connectivity index (χ0v) is 17.3. The molecule has 0 N–H and O–H groups in total. The number of aromatic nitrogens is 2. The largest absolute Gasteiger partial charge is 0.484 e. The van der Waals surface area contributed by atoms with Gasteiger partial charge >= 0.3 is 0 Å². The highest BCUT2D eigenvalue weighted by Crippen LogP contribution is 2.22.